The maximum atomic E-state index is 13.5. The zero-order valence-electron chi connectivity index (χ0n) is 16.6. The molecule has 3 amide bonds. The number of hydrogen-bond donors (Lipinski definition) is 1. The third-order valence-corrected chi connectivity index (χ3v) is 5.57. The number of anilines is 1. The molecule has 1 saturated heterocycles. The van der Waals surface area contributed by atoms with Gasteiger partial charge in [-0.25, -0.2) is 4.39 Å². The summed E-state index contributed by atoms with van der Waals surface area (Å²) in [7, 11) is 1.57. The van der Waals surface area contributed by atoms with Crippen LogP contribution >= 0.6 is 0 Å². The van der Waals surface area contributed by atoms with E-state index < -0.39 is 11.7 Å². The van der Waals surface area contributed by atoms with E-state index in [1.807, 2.05) is 0 Å². The van der Waals surface area contributed by atoms with Gasteiger partial charge in [0, 0.05) is 43.9 Å². The molecular weight excluding hydrogens is 389 g/mol. The number of halogens is 1. The van der Waals surface area contributed by atoms with E-state index in [2.05, 4.69) is 5.32 Å². The number of nitrogens with one attached hydrogen (secondary N) is 1. The van der Waals surface area contributed by atoms with E-state index in [1.165, 1.54) is 12.1 Å². The quantitative estimate of drug-likeness (QED) is 0.840. The summed E-state index contributed by atoms with van der Waals surface area (Å²) in [5.41, 5.74) is 1.53. The first-order chi connectivity index (χ1) is 14.5. The molecule has 7 nitrogen and oxygen atoms in total. The Hall–Kier alpha value is -3.42. The Bertz CT molecular complexity index is 984. The fraction of sp³-hybridized carbons (Fsp3) is 0.318. The zero-order chi connectivity index (χ0) is 21.3. The van der Waals surface area contributed by atoms with Crippen LogP contribution in [0.25, 0.3) is 0 Å². The van der Waals surface area contributed by atoms with Crippen molar-refractivity contribution < 1.29 is 23.5 Å². The van der Waals surface area contributed by atoms with Crippen LogP contribution in [0.15, 0.2) is 42.5 Å². The Morgan fingerprint density at radius 1 is 1.03 bits per heavy atom. The van der Waals surface area contributed by atoms with Crippen LogP contribution in [0.4, 0.5) is 10.1 Å². The summed E-state index contributed by atoms with van der Waals surface area (Å²) >= 11 is 0. The van der Waals surface area contributed by atoms with Crippen LogP contribution in [0.3, 0.4) is 0 Å². The second-order valence-corrected chi connectivity index (χ2v) is 7.38. The number of rotatable bonds is 3. The SMILES string of the molecule is COc1ccc(C(=O)N2CCN(C(=O)C3CC(=O)Nc4cc(F)ccc43)CC2)cc1. The summed E-state index contributed by atoms with van der Waals surface area (Å²) in [6, 6.07) is 11.0. The largest absolute Gasteiger partial charge is 0.497 e. The Morgan fingerprint density at radius 3 is 2.37 bits per heavy atom. The Morgan fingerprint density at radius 2 is 1.70 bits per heavy atom. The highest BCUT2D eigenvalue weighted by molar-refractivity contribution is 6.01. The molecule has 2 aliphatic heterocycles. The smallest absolute Gasteiger partial charge is 0.253 e. The van der Waals surface area contributed by atoms with E-state index in [-0.39, 0.29) is 24.1 Å². The molecule has 1 unspecified atom stereocenters. The molecule has 0 spiro atoms. The number of amides is 3. The van der Waals surface area contributed by atoms with Crippen molar-refractivity contribution in [2.24, 2.45) is 0 Å². The highest BCUT2D eigenvalue weighted by atomic mass is 19.1. The highest BCUT2D eigenvalue weighted by Crippen LogP contribution is 2.34. The molecule has 0 bridgehead atoms. The Labute approximate surface area is 173 Å². The predicted octanol–water partition coefficient (Wildman–Crippen LogP) is 2.24. The lowest BCUT2D eigenvalue weighted by Crippen LogP contribution is -2.52. The van der Waals surface area contributed by atoms with Crippen molar-refractivity contribution in [3.63, 3.8) is 0 Å². The number of hydrogen-bond acceptors (Lipinski definition) is 4. The molecule has 1 fully saturated rings. The lowest BCUT2D eigenvalue weighted by molar-refractivity contribution is -0.136. The standard InChI is InChI=1S/C22H22FN3O4/c1-30-16-5-2-14(3-6-16)21(28)25-8-10-26(11-9-25)22(29)18-13-20(27)24-19-12-15(23)4-7-17(18)19/h2-7,12,18H,8-11,13H2,1H3,(H,24,27). The molecule has 2 aliphatic rings. The van der Waals surface area contributed by atoms with E-state index in [0.717, 1.165) is 0 Å². The molecule has 0 saturated carbocycles. The van der Waals surface area contributed by atoms with Crippen LogP contribution in [0, 0.1) is 5.82 Å². The topological polar surface area (TPSA) is 79.0 Å². The van der Waals surface area contributed by atoms with E-state index in [1.54, 1.807) is 47.2 Å². The molecule has 156 valence electrons. The van der Waals surface area contributed by atoms with Crippen molar-refractivity contribution in [1.29, 1.82) is 0 Å². The lowest BCUT2D eigenvalue weighted by Gasteiger charge is -2.37. The fourth-order valence-electron chi connectivity index (χ4n) is 3.92. The summed E-state index contributed by atoms with van der Waals surface area (Å²) in [5.74, 6) is -0.999. The van der Waals surface area contributed by atoms with Gasteiger partial charge in [0.25, 0.3) is 5.91 Å². The molecule has 4 rings (SSSR count). The van der Waals surface area contributed by atoms with Gasteiger partial charge in [0.05, 0.1) is 13.0 Å². The van der Waals surface area contributed by atoms with Crippen LogP contribution in [-0.2, 0) is 9.59 Å². The van der Waals surface area contributed by atoms with Crippen molar-refractivity contribution >= 4 is 23.4 Å². The van der Waals surface area contributed by atoms with Crippen LogP contribution in [0.5, 0.6) is 5.75 Å². The highest BCUT2D eigenvalue weighted by Gasteiger charge is 2.35. The molecular formula is C22H22FN3O4. The van der Waals surface area contributed by atoms with E-state index in [4.69, 9.17) is 4.74 Å². The average molecular weight is 411 g/mol. The fourth-order valence-corrected chi connectivity index (χ4v) is 3.92. The van der Waals surface area contributed by atoms with E-state index in [9.17, 15) is 18.8 Å². The molecule has 1 N–H and O–H groups in total. The van der Waals surface area contributed by atoms with Crippen molar-refractivity contribution in [3.8, 4) is 5.75 Å². The van der Waals surface area contributed by atoms with Crippen LogP contribution in [0.1, 0.15) is 28.3 Å². The maximum Gasteiger partial charge on any atom is 0.253 e. The second-order valence-electron chi connectivity index (χ2n) is 7.38. The summed E-state index contributed by atoms with van der Waals surface area (Å²) < 4.78 is 18.6. The van der Waals surface area contributed by atoms with Crippen molar-refractivity contribution in [2.75, 3.05) is 38.6 Å². The van der Waals surface area contributed by atoms with Gasteiger partial charge in [-0.2, -0.15) is 0 Å². The van der Waals surface area contributed by atoms with Gasteiger partial charge in [0.1, 0.15) is 11.6 Å². The first kappa shape index (κ1) is 19.9. The number of nitrogens with zero attached hydrogens (tertiary/aromatic N) is 2. The number of fused-ring (bicyclic) bond motifs is 1. The lowest BCUT2D eigenvalue weighted by atomic mass is 9.89. The van der Waals surface area contributed by atoms with Gasteiger partial charge < -0.3 is 19.9 Å². The molecule has 1 atom stereocenters. The Balaban J connectivity index is 1.42. The molecule has 2 heterocycles. The molecule has 30 heavy (non-hydrogen) atoms. The molecule has 2 aromatic carbocycles. The summed E-state index contributed by atoms with van der Waals surface area (Å²) in [5, 5.41) is 2.63. The van der Waals surface area contributed by atoms with Crippen LogP contribution in [-0.4, -0.2) is 60.8 Å². The van der Waals surface area contributed by atoms with Gasteiger partial charge in [-0.1, -0.05) is 6.07 Å². The third kappa shape index (κ3) is 3.85. The number of carbonyl (C=O) groups excluding carboxylic acids is 3. The monoisotopic (exact) mass is 411 g/mol. The minimum atomic E-state index is -0.641. The third-order valence-electron chi connectivity index (χ3n) is 5.57. The molecule has 0 aliphatic carbocycles. The van der Waals surface area contributed by atoms with Crippen molar-refractivity contribution in [2.45, 2.75) is 12.3 Å². The molecule has 0 aromatic heterocycles. The number of piperazine rings is 1. The summed E-state index contributed by atoms with van der Waals surface area (Å²) in [4.78, 5) is 41.2. The minimum absolute atomic E-state index is 0.0302. The minimum Gasteiger partial charge on any atom is -0.497 e. The molecule has 0 radical (unpaired) electrons. The van der Waals surface area contributed by atoms with Gasteiger partial charge in [-0.05, 0) is 42.0 Å². The molecule has 8 heteroatoms. The van der Waals surface area contributed by atoms with Crippen molar-refractivity contribution in [1.82, 2.24) is 9.80 Å². The first-order valence-electron chi connectivity index (χ1n) is 9.77. The number of ether oxygens (including phenoxy) is 1. The zero-order valence-corrected chi connectivity index (χ0v) is 16.6. The normalized spacial score (nSPS) is 18.5. The number of methoxy groups -OCH3 is 1. The predicted molar refractivity (Wildman–Crippen MR) is 108 cm³/mol. The van der Waals surface area contributed by atoms with Crippen molar-refractivity contribution in [3.05, 3.63) is 59.4 Å². The Kier molecular flexibility index (Phi) is 5.39. The number of carbonyl (C=O) groups is 3. The van der Waals surface area contributed by atoms with Gasteiger partial charge in [-0.3, -0.25) is 14.4 Å². The maximum absolute atomic E-state index is 13.5. The van der Waals surface area contributed by atoms with Gasteiger partial charge in [0.2, 0.25) is 11.8 Å². The summed E-state index contributed by atoms with van der Waals surface area (Å²) in [6.07, 6.45) is 0.0302. The van der Waals surface area contributed by atoms with Gasteiger partial charge >= 0.3 is 0 Å². The summed E-state index contributed by atoms with van der Waals surface area (Å²) in [6.45, 7) is 1.59. The first-order valence-corrected chi connectivity index (χ1v) is 9.77. The van der Waals surface area contributed by atoms with Crippen LogP contribution < -0.4 is 10.1 Å². The second kappa shape index (κ2) is 8.14. The van der Waals surface area contributed by atoms with Crippen LogP contribution in [0.2, 0.25) is 0 Å². The van der Waals surface area contributed by atoms with E-state index >= 15 is 0 Å². The number of benzene rings is 2. The van der Waals surface area contributed by atoms with E-state index in [0.29, 0.717) is 48.7 Å². The average Bonchev–Trinajstić information content (AvgIpc) is 2.77. The van der Waals surface area contributed by atoms with Gasteiger partial charge in [0.15, 0.2) is 0 Å². The molecule has 2 aromatic rings. The van der Waals surface area contributed by atoms with Gasteiger partial charge in [-0.15, -0.1) is 0 Å².